The Kier molecular flexibility index (Phi) is 8.94. The monoisotopic (exact) mass is 446 g/mol. The molecule has 4 saturated carbocycles. The maximum absolute atomic E-state index is 13.8. The Morgan fingerprint density at radius 3 is 1.66 bits per heavy atom. The van der Waals surface area contributed by atoms with Gasteiger partial charge in [-0.2, -0.15) is 0 Å². The summed E-state index contributed by atoms with van der Waals surface area (Å²) >= 11 is 0. The van der Waals surface area contributed by atoms with Crippen LogP contribution in [0, 0.1) is 17.3 Å². The van der Waals surface area contributed by atoms with Crippen molar-refractivity contribution in [3.8, 4) is 0 Å². The van der Waals surface area contributed by atoms with Crippen LogP contribution in [0.15, 0.2) is 0 Å². The second-order valence-corrected chi connectivity index (χ2v) is 11.4. The van der Waals surface area contributed by atoms with Crippen LogP contribution in [0.1, 0.15) is 135 Å². The van der Waals surface area contributed by atoms with E-state index in [0.29, 0.717) is 12.3 Å². The number of hydrogen-bond acceptors (Lipinski definition) is 4. The molecular weight excluding hydrogens is 400 g/mol. The lowest BCUT2D eigenvalue weighted by atomic mass is 9.58. The predicted octanol–water partition coefficient (Wildman–Crippen LogP) is 7.28. The molecule has 1 unspecified atom stereocenters. The topological polar surface area (TPSA) is 52.6 Å². The fourth-order valence-electron chi connectivity index (χ4n) is 7.38. The van der Waals surface area contributed by atoms with Crippen molar-refractivity contribution in [3.63, 3.8) is 0 Å². The van der Waals surface area contributed by atoms with Gasteiger partial charge in [-0.25, -0.2) is 0 Å². The molecular formula is C28H46O4. The van der Waals surface area contributed by atoms with Crippen molar-refractivity contribution in [2.45, 2.75) is 147 Å². The van der Waals surface area contributed by atoms with Gasteiger partial charge in [0, 0.05) is 0 Å². The first-order chi connectivity index (χ1) is 15.7. The van der Waals surface area contributed by atoms with Gasteiger partial charge in [0.05, 0.1) is 12.3 Å². The van der Waals surface area contributed by atoms with E-state index >= 15 is 0 Å². The average Bonchev–Trinajstić information content (AvgIpc) is 2.81. The van der Waals surface area contributed by atoms with Gasteiger partial charge in [-0.3, -0.25) is 9.59 Å². The number of ether oxygens (including phenoxy) is 2. The molecule has 4 heteroatoms. The van der Waals surface area contributed by atoms with Gasteiger partial charge in [0.15, 0.2) is 0 Å². The summed E-state index contributed by atoms with van der Waals surface area (Å²) in [5, 5.41) is 0. The van der Waals surface area contributed by atoms with Crippen molar-refractivity contribution >= 4 is 11.9 Å². The molecule has 0 bridgehead atoms. The van der Waals surface area contributed by atoms with E-state index in [2.05, 4.69) is 0 Å². The van der Waals surface area contributed by atoms with Crippen LogP contribution in [0.4, 0.5) is 0 Å². The molecule has 0 saturated heterocycles. The van der Waals surface area contributed by atoms with E-state index < -0.39 is 0 Å². The number of rotatable bonds is 7. The minimum Gasteiger partial charge on any atom is -0.462 e. The molecule has 0 N–H and O–H groups in total. The Labute approximate surface area is 195 Å². The first-order valence-electron chi connectivity index (χ1n) is 14.1. The third-order valence-electron chi connectivity index (χ3n) is 9.07. The first-order valence-corrected chi connectivity index (χ1v) is 14.1. The van der Waals surface area contributed by atoms with Crippen molar-refractivity contribution in [2.75, 3.05) is 0 Å². The summed E-state index contributed by atoms with van der Waals surface area (Å²) in [6.45, 7) is 0. The molecule has 182 valence electrons. The van der Waals surface area contributed by atoms with Gasteiger partial charge in [0.1, 0.15) is 12.2 Å². The Balaban J connectivity index is 1.51. The van der Waals surface area contributed by atoms with E-state index in [1.54, 1.807) is 0 Å². The molecule has 4 nitrogen and oxygen atoms in total. The summed E-state index contributed by atoms with van der Waals surface area (Å²) in [4.78, 5) is 27.0. The molecule has 4 aliphatic rings. The summed E-state index contributed by atoms with van der Waals surface area (Å²) in [5.41, 5.74) is -0.252. The second kappa shape index (κ2) is 11.9. The van der Waals surface area contributed by atoms with Crippen LogP contribution in [0.25, 0.3) is 0 Å². The lowest BCUT2D eigenvalue weighted by Crippen LogP contribution is -2.46. The smallest absolute Gasteiger partial charge is 0.310 e. The van der Waals surface area contributed by atoms with Crippen LogP contribution < -0.4 is 0 Å². The molecule has 0 heterocycles. The number of hydrogen-bond donors (Lipinski definition) is 0. The molecule has 4 rings (SSSR count). The Hall–Kier alpha value is -1.06. The number of carbonyl (C=O) groups is 2. The third kappa shape index (κ3) is 6.29. The largest absolute Gasteiger partial charge is 0.462 e. The van der Waals surface area contributed by atoms with Crippen LogP contribution in [0.2, 0.25) is 0 Å². The molecule has 0 aliphatic heterocycles. The van der Waals surface area contributed by atoms with Gasteiger partial charge in [-0.15, -0.1) is 0 Å². The normalized spacial score (nSPS) is 26.9. The van der Waals surface area contributed by atoms with E-state index in [0.717, 1.165) is 64.2 Å². The van der Waals surface area contributed by atoms with Gasteiger partial charge < -0.3 is 9.47 Å². The van der Waals surface area contributed by atoms with Crippen molar-refractivity contribution in [2.24, 2.45) is 17.3 Å². The Bertz CT molecular complexity index is 591. The molecule has 0 aromatic carbocycles. The molecule has 4 aliphatic carbocycles. The van der Waals surface area contributed by atoms with Crippen LogP contribution in [-0.4, -0.2) is 24.1 Å². The SMILES string of the molecule is O=C(CC1(C(C(=O)OC2CCCCC2)C2CCCCC2)CCCCC1)OC1CCCCC1. The Morgan fingerprint density at radius 1 is 0.625 bits per heavy atom. The summed E-state index contributed by atoms with van der Waals surface area (Å²) in [6.07, 6.45) is 23.2. The molecule has 0 aromatic rings. The molecule has 0 amide bonds. The summed E-state index contributed by atoms with van der Waals surface area (Å²) in [6, 6.07) is 0. The van der Waals surface area contributed by atoms with Gasteiger partial charge in [-0.05, 0) is 88.4 Å². The van der Waals surface area contributed by atoms with Crippen LogP contribution in [0.5, 0.6) is 0 Å². The van der Waals surface area contributed by atoms with E-state index in [-0.39, 0.29) is 35.5 Å². The van der Waals surface area contributed by atoms with Gasteiger partial charge in [-0.1, -0.05) is 51.4 Å². The summed E-state index contributed by atoms with van der Waals surface area (Å²) in [7, 11) is 0. The highest BCUT2D eigenvalue weighted by atomic mass is 16.5. The number of carbonyl (C=O) groups excluding carboxylic acids is 2. The zero-order valence-corrected chi connectivity index (χ0v) is 20.3. The zero-order valence-electron chi connectivity index (χ0n) is 20.3. The molecule has 0 radical (unpaired) electrons. The highest BCUT2D eigenvalue weighted by molar-refractivity contribution is 5.77. The average molecular weight is 447 g/mol. The van der Waals surface area contributed by atoms with Gasteiger partial charge >= 0.3 is 11.9 Å². The quantitative estimate of drug-likeness (QED) is 0.386. The molecule has 32 heavy (non-hydrogen) atoms. The van der Waals surface area contributed by atoms with E-state index in [1.807, 2.05) is 0 Å². The lowest BCUT2D eigenvalue weighted by molar-refractivity contribution is -0.170. The van der Waals surface area contributed by atoms with Crippen LogP contribution >= 0.6 is 0 Å². The van der Waals surface area contributed by atoms with E-state index in [1.165, 1.54) is 64.2 Å². The van der Waals surface area contributed by atoms with Gasteiger partial charge in [0.25, 0.3) is 0 Å². The Morgan fingerprint density at radius 2 is 1.09 bits per heavy atom. The highest BCUT2D eigenvalue weighted by Crippen LogP contribution is 2.52. The third-order valence-corrected chi connectivity index (χ3v) is 9.07. The standard InChI is InChI=1S/C28H46O4/c29-25(31-23-15-7-2-8-16-23)21-28(19-11-4-12-20-28)26(22-13-5-1-6-14-22)27(30)32-24-17-9-3-10-18-24/h22-24,26H,1-21H2. The van der Waals surface area contributed by atoms with E-state index in [4.69, 9.17) is 9.47 Å². The van der Waals surface area contributed by atoms with Gasteiger partial charge in [0.2, 0.25) is 0 Å². The maximum atomic E-state index is 13.8. The number of esters is 2. The lowest BCUT2D eigenvalue weighted by Gasteiger charge is -2.46. The minimum absolute atomic E-state index is 0.0242. The van der Waals surface area contributed by atoms with Crippen molar-refractivity contribution in [1.82, 2.24) is 0 Å². The predicted molar refractivity (Wildman–Crippen MR) is 126 cm³/mol. The molecule has 0 aromatic heterocycles. The van der Waals surface area contributed by atoms with Crippen LogP contribution in [-0.2, 0) is 19.1 Å². The molecule has 0 spiro atoms. The summed E-state index contributed by atoms with van der Waals surface area (Å²) < 4.78 is 12.2. The zero-order chi connectivity index (χ0) is 22.2. The highest BCUT2D eigenvalue weighted by Gasteiger charge is 2.50. The molecule has 4 fully saturated rings. The van der Waals surface area contributed by atoms with Crippen molar-refractivity contribution < 1.29 is 19.1 Å². The summed E-state index contributed by atoms with van der Waals surface area (Å²) in [5.74, 6) is 0.227. The minimum atomic E-state index is -0.252. The maximum Gasteiger partial charge on any atom is 0.310 e. The van der Waals surface area contributed by atoms with Crippen LogP contribution in [0.3, 0.4) is 0 Å². The van der Waals surface area contributed by atoms with E-state index in [9.17, 15) is 9.59 Å². The fourth-order valence-corrected chi connectivity index (χ4v) is 7.38. The second-order valence-electron chi connectivity index (χ2n) is 11.4. The molecule has 1 atom stereocenters. The fraction of sp³-hybridized carbons (Fsp3) is 0.929. The van der Waals surface area contributed by atoms with Crippen molar-refractivity contribution in [3.05, 3.63) is 0 Å². The van der Waals surface area contributed by atoms with Crippen molar-refractivity contribution in [1.29, 1.82) is 0 Å². The first kappa shape index (κ1) is 24.1.